The van der Waals surface area contributed by atoms with E-state index in [1.165, 1.54) is 13.2 Å². The van der Waals surface area contributed by atoms with Crippen LogP contribution in [0.1, 0.15) is 25.8 Å². The van der Waals surface area contributed by atoms with Gasteiger partial charge in [0.2, 0.25) is 0 Å². The van der Waals surface area contributed by atoms with Crippen molar-refractivity contribution in [2.24, 2.45) is 0 Å². The molecule has 0 spiro atoms. The van der Waals surface area contributed by atoms with Crippen LogP contribution in [0, 0.1) is 0 Å². The first-order valence-corrected chi connectivity index (χ1v) is 8.79. The van der Waals surface area contributed by atoms with Crippen LogP contribution in [0.5, 0.6) is 11.5 Å². The SMILES string of the molecule is CCCN1C(=O)N/C(=C/c2cc(Cl)c(OCC(=O)OC)c(OCC)c2)C1=O. The predicted octanol–water partition coefficient (Wildman–Crippen LogP) is 2.59. The Balaban J connectivity index is 2.31. The fourth-order valence-electron chi connectivity index (χ4n) is 2.43. The zero-order chi connectivity index (χ0) is 20.0. The molecule has 1 heterocycles. The third-order valence-electron chi connectivity index (χ3n) is 3.61. The lowest BCUT2D eigenvalue weighted by atomic mass is 10.1. The van der Waals surface area contributed by atoms with Gasteiger partial charge in [-0.1, -0.05) is 18.5 Å². The molecule has 1 aromatic rings. The monoisotopic (exact) mass is 396 g/mol. The number of nitrogens with one attached hydrogen (secondary N) is 1. The summed E-state index contributed by atoms with van der Waals surface area (Å²) in [4.78, 5) is 36.6. The van der Waals surface area contributed by atoms with E-state index in [1.54, 1.807) is 19.1 Å². The number of ether oxygens (including phenoxy) is 3. The molecule has 1 aromatic carbocycles. The Morgan fingerprint density at radius 1 is 1.26 bits per heavy atom. The summed E-state index contributed by atoms with van der Waals surface area (Å²) in [7, 11) is 1.25. The molecule has 146 valence electrons. The summed E-state index contributed by atoms with van der Waals surface area (Å²) in [5, 5.41) is 2.74. The molecule has 27 heavy (non-hydrogen) atoms. The van der Waals surface area contributed by atoms with Gasteiger partial charge in [-0.3, -0.25) is 9.69 Å². The molecule has 0 unspecified atom stereocenters. The molecule has 0 aliphatic carbocycles. The van der Waals surface area contributed by atoms with Crippen molar-refractivity contribution >= 4 is 35.6 Å². The summed E-state index contributed by atoms with van der Waals surface area (Å²) in [5.41, 5.74) is 0.686. The quantitative estimate of drug-likeness (QED) is 0.412. The number of esters is 1. The second kappa shape index (κ2) is 9.27. The topological polar surface area (TPSA) is 94.2 Å². The van der Waals surface area contributed by atoms with Gasteiger partial charge in [-0.2, -0.15) is 0 Å². The molecular weight excluding hydrogens is 376 g/mol. The third kappa shape index (κ3) is 4.91. The molecule has 0 saturated carbocycles. The molecule has 1 aliphatic rings. The average Bonchev–Trinajstić information content (AvgIpc) is 2.89. The predicted molar refractivity (Wildman–Crippen MR) is 98.6 cm³/mol. The first-order chi connectivity index (χ1) is 12.9. The highest BCUT2D eigenvalue weighted by atomic mass is 35.5. The summed E-state index contributed by atoms with van der Waals surface area (Å²) in [6, 6.07) is 2.70. The van der Waals surface area contributed by atoms with Crippen LogP contribution >= 0.6 is 11.6 Å². The van der Waals surface area contributed by atoms with Gasteiger partial charge < -0.3 is 19.5 Å². The minimum Gasteiger partial charge on any atom is -0.490 e. The van der Waals surface area contributed by atoms with Gasteiger partial charge in [0, 0.05) is 6.54 Å². The molecule has 0 radical (unpaired) electrons. The van der Waals surface area contributed by atoms with Crippen molar-refractivity contribution in [3.05, 3.63) is 28.4 Å². The summed E-state index contributed by atoms with van der Waals surface area (Å²) in [6.07, 6.45) is 2.17. The van der Waals surface area contributed by atoms with Gasteiger partial charge in [-0.05, 0) is 37.1 Å². The maximum absolute atomic E-state index is 12.3. The van der Waals surface area contributed by atoms with Gasteiger partial charge in [-0.25, -0.2) is 9.59 Å². The highest BCUT2D eigenvalue weighted by Crippen LogP contribution is 2.37. The first kappa shape index (κ1) is 20.6. The number of rotatable bonds is 8. The molecule has 0 bridgehead atoms. The first-order valence-electron chi connectivity index (χ1n) is 8.41. The van der Waals surface area contributed by atoms with Gasteiger partial charge in [0.1, 0.15) is 5.70 Å². The fraction of sp³-hybridized carbons (Fsp3) is 0.389. The molecule has 2 rings (SSSR count). The Morgan fingerprint density at radius 2 is 2.00 bits per heavy atom. The molecule has 0 aromatic heterocycles. The summed E-state index contributed by atoms with van der Waals surface area (Å²) < 4.78 is 15.4. The van der Waals surface area contributed by atoms with E-state index in [0.717, 1.165) is 4.90 Å². The van der Waals surface area contributed by atoms with Crippen LogP contribution in [0.3, 0.4) is 0 Å². The normalized spacial score (nSPS) is 15.1. The Morgan fingerprint density at radius 3 is 2.63 bits per heavy atom. The largest absolute Gasteiger partial charge is 0.490 e. The number of hydrogen-bond donors (Lipinski definition) is 1. The number of halogens is 1. The lowest BCUT2D eigenvalue weighted by Crippen LogP contribution is -2.31. The summed E-state index contributed by atoms with van der Waals surface area (Å²) in [5.74, 6) is -0.458. The van der Waals surface area contributed by atoms with Crippen molar-refractivity contribution in [3.8, 4) is 11.5 Å². The zero-order valence-corrected chi connectivity index (χ0v) is 16.1. The van der Waals surface area contributed by atoms with E-state index >= 15 is 0 Å². The lowest BCUT2D eigenvalue weighted by Gasteiger charge is -2.14. The van der Waals surface area contributed by atoms with Crippen molar-refractivity contribution in [2.75, 3.05) is 26.9 Å². The second-order valence-electron chi connectivity index (χ2n) is 5.57. The minimum atomic E-state index is -0.560. The summed E-state index contributed by atoms with van der Waals surface area (Å²) in [6.45, 7) is 4.02. The highest BCUT2D eigenvalue weighted by molar-refractivity contribution is 6.32. The molecule has 1 fully saturated rings. The fourth-order valence-corrected chi connectivity index (χ4v) is 2.70. The average molecular weight is 397 g/mol. The maximum atomic E-state index is 12.3. The number of benzene rings is 1. The standard InChI is InChI=1S/C18H21ClN2O6/c1-4-6-21-17(23)13(20-18(21)24)8-11-7-12(19)16(14(9-11)26-5-2)27-10-15(22)25-3/h7-9H,4-6,10H2,1-3H3,(H,20,24)/b13-8+. The van der Waals surface area contributed by atoms with Crippen LogP contribution < -0.4 is 14.8 Å². The van der Waals surface area contributed by atoms with Crippen LogP contribution in [0.25, 0.3) is 6.08 Å². The molecule has 1 N–H and O–H groups in total. The van der Waals surface area contributed by atoms with Gasteiger partial charge in [0.25, 0.3) is 5.91 Å². The number of nitrogens with zero attached hydrogens (tertiary/aromatic N) is 1. The number of methoxy groups -OCH3 is 1. The number of carbonyl (C=O) groups is 3. The smallest absolute Gasteiger partial charge is 0.343 e. The van der Waals surface area contributed by atoms with Crippen molar-refractivity contribution in [2.45, 2.75) is 20.3 Å². The van der Waals surface area contributed by atoms with Crippen molar-refractivity contribution in [1.82, 2.24) is 10.2 Å². The molecule has 1 saturated heterocycles. The van der Waals surface area contributed by atoms with E-state index in [-0.39, 0.29) is 23.1 Å². The van der Waals surface area contributed by atoms with E-state index in [2.05, 4.69) is 10.1 Å². The van der Waals surface area contributed by atoms with Gasteiger partial charge in [-0.15, -0.1) is 0 Å². The van der Waals surface area contributed by atoms with Crippen LogP contribution in [-0.4, -0.2) is 49.7 Å². The molecule has 1 aliphatic heterocycles. The third-order valence-corrected chi connectivity index (χ3v) is 3.90. The van der Waals surface area contributed by atoms with E-state index in [4.69, 9.17) is 21.1 Å². The summed E-state index contributed by atoms with van der Waals surface area (Å²) >= 11 is 6.26. The number of hydrogen-bond acceptors (Lipinski definition) is 6. The lowest BCUT2D eigenvalue weighted by molar-refractivity contribution is -0.142. The van der Waals surface area contributed by atoms with Crippen molar-refractivity contribution in [1.29, 1.82) is 0 Å². The maximum Gasteiger partial charge on any atom is 0.343 e. The Kier molecular flexibility index (Phi) is 7.06. The Hall–Kier alpha value is -2.74. The Labute approximate surface area is 162 Å². The van der Waals surface area contributed by atoms with Crippen molar-refractivity contribution in [3.63, 3.8) is 0 Å². The van der Waals surface area contributed by atoms with Gasteiger partial charge >= 0.3 is 12.0 Å². The number of amides is 3. The van der Waals surface area contributed by atoms with Gasteiger partial charge in [0.15, 0.2) is 18.1 Å². The number of carbonyl (C=O) groups excluding carboxylic acids is 3. The van der Waals surface area contributed by atoms with E-state index in [0.29, 0.717) is 30.9 Å². The van der Waals surface area contributed by atoms with Crippen LogP contribution in [0.2, 0.25) is 5.02 Å². The van der Waals surface area contributed by atoms with E-state index < -0.39 is 17.9 Å². The van der Waals surface area contributed by atoms with E-state index in [1.807, 2.05) is 6.92 Å². The van der Waals surface area contributed by atoms with Crippen LogP contribution in [0.15, 0.2) is 17.8 Å². The second-order valence-corrected chi connectivity index (χ2v) is 5.98. The molecule has 0 atom stereocenters. The van der Waals surface area contributed by atoms with Crippen molar-refractivity contribution < 1.29 is 28.6 Å². The molecule has 3 amide bonds. The Bertz CT molecular complexity index is 777. The molecule has 9 heteroatoms. The highest BCUT2D eigenvalue weighted by Gasteiger charge is 2.32. The van der Waals surface area contributed by atoms with Crippen LogP contribution in [-0.2, 0) is 14.3 Å². The van der Waals surface area contributed by atoms with E-state index in [9.17, 15) is 14.4 Å². The molecule has 8 nitrogen and oxygen atoms in total. The molecular formula is C18H21ClN2O6. The van der Waals surface area contributed by atoms with Crippen LogP contribution in [0.4, 0.5) is 4.79 Å². The van der Waals surface area contributed by atoms with Gasteiger partial charge in [0.05, 0.1) is 18.7 Å². The minimum absolute atomic E-state index is 0.148. The number of imide groups is 1. The zero-order valence-electron chi connectivity index (χ0n) is 15.3. The number of urea groups is 1.